The third kappa shape index (κ3) is 5.06. The number of piperazine rings is 1. The summed E-state index contributed by atoms with van der Waals surface area (Å²) in [4.78, 5) is 9.24. The molecule has 6 nitrogen and oxygen atoms in total. The first-order valence-corrected chi connectivity index (χ1v) is 9.51. The summed E-state index contributed by atoms with van der Waals surface area (Å²) in [6.45, 7) is 6.96. The van der Waals surface area contributed by atoms with Gasteiger partial charge in [-0.1, -0.05) is 24.3 Å². The van der Waals surface area contributed by atoms with E-state index in [9.17, 15) is 10.2 Å². The Morgan fingerprint density at radius 2 is 1.81 bits per heavy atom. The SMILES string of the molecule is CCNC(=NCCc1cccc(O)c1)N1CCN(c2ccccc2O)CC1. The van der Waals surface area contributed by atoms with Crippen molar-refractivity contribution in [3.63, 3.8) is 0 Å². The number of nitrogens with zero attached hydrogens (tertiary/aromatic N) is 3. The van der Waals surface area contributed by atoms with E-state index in [-0.39, 0.29) is 0 Å². The van der Waals surface area contributed by atoms with Crippen molar-refractivity contribution in [2.45, 2.75) is 13.3 Å². The highest BCUT2D eigenvalue weighted by molar-refractivity contribution is 5.80. The quantitative estimate of drug-likeness (QED) is 0.559. The molecule has 1 saturated heterocycles. The van der Waals surface area contributed by atoms with Gasteiger partial charge in [-0.2, -0.15) is 0 Å². The zero-order valence-corrected chi connectivity index (χ0v) is 15.8. The molecular weight excluding hydrogens is 340 g/mol. The summed E-state index contributed by atoms with van der Waals surface area (Å²) in [7, 11) is 0. The number of rotatable bonds is 5. The molecule has 144 valence electrons. The second kappa shape index (κ2) is 9.16. The second-order valence-electron chi connectivity index (χ2n) is 6.62. The Kier molecular flexibility index (Phi) is 6.41. The lowest BCUT2D eigenvalue weighted by Crippen LogP contribution is -2.52. The number of phenols is 2. The minimum Gasteiger partial charge on any atom is -0.508 e. The monoisotopic (exact) mass is 368 g/mol. The molecule has 0 aromatic heterocycles. The second-order valence-corrected chi connectivity index (χ2v) is 6.62. The van der Waals surface area contributed by atoms with E-state index in [2.05, 4.69) is 22.0 Å². The highest BCUT2D eigenvalue weighted by Crippen LogP contribution is 2.27. The van der Waals surface area contributed by atoms with Crippen molar-refractivity contribution in [2.24, 2.45) is 4.99 Å². The van der Waals surface area contributed by atoms with Gasteiger partial charge >= 0.3 is 0 Å². The lowest BCUT2D eigenvalue weighted by atomic mass is 10.1. The molecule has 1 aliphatic heterocycles. The lowest BCUT2D eigenvalue weighted by molar-refractivity contribution is 0.370. The zero-order valence-electron chi connectivity index (χ0n) is 15.8. The molecule has 2 aromatic rings. The first-order chi connectivity index (χ1) is 13.2. The molecule has 3 rings (SSSR count). The van der Waals surface area contributed by atoms with Gasteiger partial charge in [-0.05, 0) is 43.2 Å². The van der Waals surface area contributed by atoms with Gasteiger partial charge in [0, 0.05) is 39.3 Å². The van der Waals surface area contributed by atoms with Crippen LogP contribution in [0.5, 0.6) is 11.5 Å². The molecule has 0 radical (unpaired) electrons. The topological polar surface area (TPSA) is 71.3 Å². The number of nitrogens with one attached hydrogen (secondary N) is 1. The van der Waals surface area contributed by atoms with Crippen LogP contribution in [0.1, 0.15) is 12.5 Å². The number of benzene rings is 2. The molecule has 1 fully saturated rings. The highest BCUT2D eigenvalue weighted by atomic mass is 16.3. The van der Waals surface area contributed by atoms with Gasteiger partial charge in [-0.25, -0.2) is 0 Å². The van der Waals surface area contributed by atoms with E-state index in [1.165, 1.54) is 0 Å². The first-order valence-electron chi connectivity index (χ1n) is 9.51. The Balaban J connectivity index is 1.58. The van der Waals surface area contributed by atoms with Crippen molar-refractivity contribution in [1.82, 2.24) is 10.2 Å². The van der Waals surface area contributed by atoms with Gasteiger partial charge in [-0.3, -0.25) is 4.99 Å². The fourth-order valence-corrected chi connectivity index (χ4v) is 3.32. The van der Waals surface area contributed by atoms with Gasteiger partial charge in [0.1, 0.15) is 11.5 Å². The Hall–Kier alpha value is -2.89. The van der Waals surface area contributed by atoms with E-state index in [0.717, 1.165) is 56.4 Å². The Labute approximate surface area is 160 Å². The van der Waals surface area contributed by atoms with Gasteiger partial charge in [0.05, 0.1) is 5.69 Å². The van der Waals surface area contributed by atoms with Crippen molar-refractivity contribution in [3.05, 3.63) is 54.1 Å². The molecule has 0 bridgehead atoms. The normalized spacial score (nSPS) is 15.1. The average molecular weight is 368 g/mol. The van der Waals surface area contributed by atoms with Crippen LogP contribution in [0.3, 0.4) is 0 Å². The molecule has 1 aliphatic rings. The number of guanidine groups is 1. The summed E-state index contributed by atoms with van der Waals surface area (Å²) in [6.07, 6.45) is 0.793. The fraction of sp³-hybridized carbons (Fsp3) is 0.381. The molecule has 27 heavy (non-hydrogen) atoms. The lowest BCUT2D eigenvalue weighted by Gasteiger charge is -2.37. The summed E-state index contributed by atoms with van der Waals surface area (Å²) < 4.78 is 0. The number of aromatic hydroxyl groups is 2. The van der Waals surface area contributed by atoms with Crippen LogP contribution in [0.2, 0.25) is 0 Å². The third-order valence-corrected chi connectivity index (χ3v) is 4.71. The molecule has 2 aromatic carbocycles. The minimum absolute atomic E-state index is 0.295. The zero-order chi connectivity index (χ0) is 19.1. The van der Waals surface area contributed by atoms with E-state index >= 15 is 0 Å². The van der Waals surface area contributed by atoms with Crippen molar-refractivity contribution < 1.29 is 10.2 Å². The minimum atomic E-state index is 0.295. The highest BCUT2D eigenvalue weighted by Gasteiger charge is 2.21. The molecule has 0 amide bonds. The van der Waals surface area contributed by atoms with E-state index in [1.54, 1.807) is 18.2 Å². The number of hydrogen-bond donors (Lipinski definition) is 3. The van der Waals surface area contributed by atoms with Crippen LogP contribution < -0.4 is 10.2 Å². The Morgan fingerprint density at radius 3 is 2.52 bits per heavy atom. The van der Waals surface area contributed by atoms with Gasteiger partial charge in [0.15, 0.2) is 5.96 Å². The summed E-state index contributed by atoms with van der Waals surface area (Å²) in [5.41, 5.74) is 1.97. The molecule has 0 unspecified atom stereocenters. The molecule has 0 aliphatic carbocycles. The van der Waals surface area contributed by atoms with E-state index in [4.69, 9.17) is 4.99 Å². The maximum Gasteiger partial charge on any atom is 0.194 e. The van der Waals surface area contributed by atoms with Gasteiger partial charge in [-0.15, -0.1) is 0 Å². The molecule has 6 heteroatoms. The molecule has 0 spiro atoms. The first kappa shape index (κ1) is 18.9. The van der Waals surface area contributed by atoms with Crippen LogP contribution in [0.25, 0.3) is 0 Å². The van der Waals surface area contributed by atoms with Crippen LogP contribution in [0.15, 0.2) is 53.5 Å². The predicted molar refractivity (Wildman–Crippen MR) is 110 cm³/mol. The Bertz CT molecular complexity index is 770. The number of hydrogen-bond acceptors (Lipinski definition) is 4. The maximum absolute atomic E-state index is 10.1. The van der Waals surface area contributed by atoms with E-state index in [0.29, 0.717) is 18.0 Å². The van der Waals surface area contributed by atoms with Crippen molar-refractivity contribution in [3.8, 4) is 11.5 Å². The van der Waals surface area contributed by atoms with Crippen molar-refractivity contribution in [2.75, 3.05) is 44.2 Å². The summed E-state index contributed by atoms with van der Waals surface area (Å²) >= 11 is 0. The maximum atomic E-state index is 10.1. The largest absolute Gasteiger partial charge is 0.508 e. The van der Waals surface area contributed by atoms with Gasteiger partial charge < -0.3 is 25.3 Å². The molecule has 3 N–H and O–H groups in total. The van der Waals surface area contributed by atoms with E-state index < -0.39 is 0 Å². The standard InChI is InChI=1S/C21H28N4O2/c1-2-22-21(23-11-10-17-6-5-7-18(26)16-17)25-14-12-24(13-15-25)19-8-3-4-9-20(19)27/h3-9,16,26-27H,2,10-15H2,1H3,(H,22,23). The summed E-state index contributed by atoms with van der Waals surface area (Å²) in [5, 5.41) is 23.0. The number of para-hydroxylation sites is 2. The van der Waals surface area contributed by atoms with Crippen LogP contribution >= 0.6 is 0 Å². The third-order valence-electron chi connectivity index (χ3n) is 4.71. The molecule has 0 atom stereocenters. The average Bonchev–Trinajstić information content (AvgIpc) is 2.68. The van der Waals surface area contributed by atoms with Crippen molar-refractivity contribution >= 4 is 11.6 Å². The van der Waals surface area contributed by atoms with Crippen LogP contribution in [-0.4, -0.2) is 60.3 Å². The molecular formula is C21H28N4O2. The van der Waals surface area contributed by atoms with Crippen LogP contribution in [0, 0.1) is 0 Å². The number of anilines is 1. The van der Waals surface area contributed by atoms with Crippen LogP contribution in [0.4, 0.5) is 5.69 Å². The van der Waals surface area contributed by atoms with Crippen LogP contribution in [-0.2, 0) is 6.42 Å². The molecule has 0 saturated carbocycles. The van der Waals surface area contributed by atoms with Crippen molar-refractivity contribution in [1.29, 1.82) is 0 Å². The Morgan fingerprint density at radius 1 is 1.04 bits per heavy atom. The fourth-order valence-electron chi connectivity index (χ4n) is 3.32. The smallest absolute Gasteiger partial charge is 0.194 e. The number of phenolic OH excluding ortho intramolecular Hbond substituents is 2. The molecule has 1 heterocycles. The predicted octanol–water partition coefficient (Wildman–Crippen LogP) is 2.43. The van der Waals surface area contributed by atoms with Gasteiger partial charge in [0.2, 0.25) is 0 Å². The van der Waals surface area contributed by atoms with Gasteiger partial charge in [0.25, 0.3) is 0 Å². The number of aliphatic imine (C=N–C) groups is 1. The summed E-state index contributed by atoms with van der Waals surface area (Å²) in [6, 6.07) is 14.8. The van der Waals surface area contributed by atoms with E-state index in [1.807, 2.05) is 30.3 Å². The summed E-state index contributed by atoms with van der Waals surface area (Å²) in [5.74, 6) is 1.55.